The number of ether oxygens (including phenoxy) is 4. The van der Waals surface area contributed by atoms with Gasteiger partial charge in [-0.25, -0.2) is 0 Å². The van der Waals surface area contributed by atoms with Gasteiger partial charge in [0.05, 0.1) is 12.7 Å². The Morgan fingerprint density at radius 1 is 1.00 bits per heavy atom. The molecule has 0 aromatic carbocycles. The molecule has 8 nitrogen and oxygen atoms in total. The Morgan fingerprint density at radius 2 is 1.50 bits per heavy atom. The summed E-state index contributed by atoms with van der Waals surface area (Å²) < 4.78 is 20.1. The smallest absolute Gasteiger partial charge is 0.303 e. The lowest BCUT2D eigenvalue weighted by atomic mass is 10.00. The monoisotopic (exact) mass is 285 g/mol. The van der Waals surface area contributed by atoms with Gasteiger partial charge in [0.25, 0.3) is 0 Å². The zero-order valence-electron chi connectivity index (χ0n) is 11.3. The maximum Gasteiger partial charge on any atom is 0.303 e. The average Bonchev–Trinajstić information content (AvgIpc) is 2.31. The number of hydrogen-bond acceptors (Lipinski definition) is 8. The molecule has 1 fully saturated rings. The van der Waals surface area contributed by atoms with Crippen molar-refractivity contribution in [2.75, 3.05) is 6.61 Å². The molecule has 110 valence electrons. The predicted octanol–water partition coefficient (Wildman–Crippen LogP) is -0.296. The molecule has 1 aliphatic rings. The first-order valence-corrected chi connectivity index (χ1v) is 5.88. The highest BCUT2D eigenvalue weighted by Crippen LogP contribution is 2.24. The second kappa shape index (κ2) is 6.86. The first-order chi connectivity index (χ1) is 9.35. The molecular formula is C12H15NO7. The van der Waals surface area contributed by atoms with Crippen molar-refractivity contribution in [3.05, 3.63) is 0 Å². The van der Waals surface area contributed by atoms with Crippen molar-refractivity contribution in [2.24, 2.45) is 0 Å². The van der Waals surface area contributed by atoms with Crippen LogP contribution in [-0.2, 0) is 33.3 Å². The van der Waals surface area contributed by atoms with Crippen LogP contribution in [0.2, 0.25) is 0 Å². The summed E-state index contributed by atoms with van der Waals surface area (Å²) in [6.45, 7) is 3.36. The molecule has 0 saturated carbocycles. The van der Waals surface area contributed by atoms with Gasteiger partial charge >= 0.3 is 17.9 Å². The van der Waals surface area contributed by atoms with Gasteiger partial charge in [-0.3, -0.25) is 14.4 Å². The van der Waals surface area contributed by atoms with E-state index in [0.29, 0.717) is 0 Å². The first-order valence-electron chi connectivity index (χ1n) is 5.88. The lowest BCUT2D eigenvalue weighted by molar-refractivity contribution is -0.217. The van der Waals surface area contributed by atoms with Crippen LogP contribution in [0.1, 0.15) is 20.8 Å². The molecule has 0 spiro atoms. The quantitative estimate of drug-likeness (QED) is 0.513. The Hall–Kier alpha value is -2.14. The van der Waals surface area contributed by atoms with E-state index >= 15 is 0 Å². The number of carbonyl (C=O) groups excluding carboxylic acids is 3. The molecule has 4 atom stereocenters. The van der Waals surface area contributed by atoms with Gasteiger partial charge in [-0.05, 0) is 0 Å². The Kier molecular flexibility index (Phi) is 5.46. The third-order valence-electron chi connectivity index (χ3n) is 2.48. The summed E-state index contributed by atoms with van der Waals surface area (Å²) >= 11 is 0. The van der Waals surface area contributed by atoms with E-state index < -0.39 is 42.3 Å². The van der Waals surface area contributed by atoms with Crippen LogP contribution in [0.3, 0.4) is 0 Å². The van der Waals surface area contributed by atoms with Gasteiger partial charge in [-0.2, -0.15) is 5.26 Å². The SMILES string of the molecule is CC(=O)O[C@@H]1[C@@H](OC(C)=O)[C@H](OC(C)=O)CO[C@H]1C#N. The van der Waals surface area contributed by atoms with Crippen molar-refractivity contribution in [1.29, 1.82) is 5.26 Å². The van der Waals surface area contributed by atoms with E-state index in [1.165, 1.54) is 6.92 Å². The van der Waals surface area contributed by atoms with Gasteiger partial charge in [0.2, 0.25) is 0 Å². The van der Waals surface area contributed by atoms with Crippen LogP contribution in [0.25, 0.3) is 0 Å². The van der Waals surface area contributed by atoms with Crippen molar-refractivity contribution in [2.45, 2.75) is 45.2 Å². The molecule has 0 bridgehead atoms. The second-order valence-electron chi connectivity index (χ2n) is 4.18. The van der Waals surface area contributed by atoms with Crippen LogP contribution in [0, 0.1) is 11.3 Å². The van der Waals surface area contributed by atoms with Gasteiger partial charge in [-0.1, -0.05) is 0 Å². The fourth-order valence-electron chi connectivity index (χ4n) is 1.85. The Morgan fingerprint density at radius 3 is 1.95 bits per heavy atom. The minimum absolute atomic E-state index is 0.131. The zero-order chi connectivity index (χ0) is 15.3. The molecule has 0 aromatic heterocycles. The van der Waals surface area contributed by atoms with E-state index in [-0.39, 0.29) is 6.61 Å². The summed E-state index contributed by atoms with van der Waals surface area (Å²) in [5.41, 5.74) is 0. The summed E-state index contributed by atoms with van der Waals surface area (Å²) in [5.74, 6) is -1.92. The second-order valence-corrected chi connectivity index (χ2v) is 4.18. The normalized spacial score (nSPS) is 28.9. The summed E-state index contributed by atoms with van der Waals surface area (Å²) in [6.07, 6.45) is -4.28. The molecule has 1 heterocycles. The van der Waals surface area contributed by atoms with Crippen LogP contribution < -0.4 is 0 Å². The Labute approximate surface area is 115 Å². The van der Waals surface area contributed by atoms with E-state index in [0.717, 1.165) is 13.8 Å². The fraction of sp³-hybridized carbons (Fsp3) is 0.667. The van der Waals surface area contributed by atoms with Crippen molar-refractivity contribution >= 4 is 17.9 Å². The lowest BCUT2D eigenvalue weighted by Gasteiger charge is -2.37. The molecule has 0 N–H and O–H groups in total. The van der Waals surface area contributed by atoms with Crippen molar-refractivity contribution in [1.82, 2.24) is 0 Å². The number of nitrogens with zero attached hydrogens (tertiary/aromatic N) is 1. The molecule has 1 saturated heterocycles. The summed E-state index contributed by atoms with van der Waals surface area (Å²) in [7, 11) is 0. The molecule has 0 aromatic rings. The third kappa shape index (κ3) is 4.20. The molecule has 8 heteroatoms. The molecule has 0 unspecified atom stereocenters. The highest BCUT2D eigenvalue weighted by atomic mass is 16.6. The first kappa shape index (κ1) is 15.9. The van der Waals surface area contributed by atoms with Gasteiger partial charge < -0.3 is 18.9 Å². The van der Waals surface area contributed by atoms with E-state index in [1.807, 2.05) is 0 Å². The van der Waals surface area contributed by atoms with Crippen molar-refractivity contribution in [3.8, 4) is 6.07 Å². The largest absolute Gasteiger partial charge is 0.456 e. The van der Waals surface area contributed by atoms with Crippen molar-refractivity contribution < 1.29 is 33.3 Å². The van der Waals surface area contributed by atoms with Gasteiger partial charge in [-0.15, -0.1) is 0 Å². The highest BCUT2D eigenvalue weighted by molar-refractivity contribution is 5.68. The third-order valence-corrected chi connectivity index (χ3v) is 2.48. The lowest BCUT2D eigenvalue weighted by Crippen LogP contribution is -2.57. The number of hydrogen-bond donors (Lipinski definition) is 0. The van der Waals surface area contributed by atoms with Crippen LogP contribution in [0.15, 0.2) is 0 Å². The van der Waals surface area contributed by atoms with Crippen LogP contribution in [-0.4, -0.2) is 48.9 Å². The van der Waals surface area contributed by atoms with E-state index in [1.54, 1.807) is 6.07 Å². The number of esters is 3. The maximum atomic E-state index is 11.1. The molecule has 0 radical (unpaired) electrons. The molecule has 20 heavy (non-hydrogen) atoms. The maximum absolute atomic E-state index is 11.1. The van der Waals surface area contributed by atoms with Crippen LogP contribution in [0.5, 0.6) is 0 Å². The van der Waals surface area contributed by atoms with Gasteiger partial charge in [0, 0.05) is 20.8 Å². The molecule has 0 aliphatic carbocycles. The van der Waals surface area contributed by atoms with E-state index in [4.69, 9.17) is 24.2 Å². The fourth-order valence-corrected chi connectivity index (χ4v) is 1.85. The van der Waals surface area contributed by atoms with E-state index in [2.05, 4.69) is 0 Å². The van der Waals surface area contributed by atoms with Crippen LogP contribution >= 0.6 is 0 Å². The molecular weight excluding hydrogens is 270 g/mol. The zero-order valence-corrected chi connectivity index (χ0v) is 11.3. The van der Waals surface area contributed by atoms with E-state index in [9.17, 15) is 14.4 Å². The average molecular weight is 285 g/mol. The highest BCUT2D eigenvalue weighted by Gasteiger charge is 2.46. The van der Waals surface area contributed by atoms with Gasteiger partial charge in [0.15, 0.2) is 24.4 Å². The minimum atomic E-state index is -1.15. The predicted molar refractivity (Wildman–Crippen MR) is 62.0 cm³/mol. The summed E-state index contributed by atoms with van der Waals surface area (Å²) in [5, 5.41) is 8.98. The molecule has 0 amide bonds. The van der Waals surface area contributed by atoms with Gasteiger partial charge in [0.1, 0.15) is 0 Å². The Bertz CT molecular complexity index is 442. The number of carbonyl (C=O) groups is 3. The van der Waals surface area contributed by atoms with Crippen molar-refractivity contribution in [3.63, 3.8) is 0 Å². The standard InChI is InChI=1S/C12H15NO7/c1-6(14)18-10-5-17-9(4-13)11(19-7(2)15)12(10)20-8(3)16/h9-12H,5H2,1-3H3/t9-,10+,11-,12-/m0/s1. The topological polar surface area (TPSA) is 112 Å². The minimum Gasteiger partial charge on any atom is -0.456 e. The number of rotatable bonds is 3. The summed E-state index contributed by atoms with van der Waals surface area (Å²) in [6, 6.07) is 1.81. The molecule has 1 aliphatic heterocycles. The number of nitriles is 1. The molecule has 1 rings (SSSR count). The Balaban J connectivity index is 2.99. The van der Waals surface area contributed by atoms with Crippen LogP contribution in [0.4, 0.5) is 0 Å². The summed E-state index contributed by atoms with van der Waals surface area (Å²) in [4.78, 5) is 33.3.